The first-order valence-corrected chi connectivity index (χ1v) is 19.7. The minimum atomic E-state index is -4.53. The second kappa shape index (κ2) is 14.2. The Labute approximate surface area is 351 Å². The van der Waals surface area contributed by atoms with E-state index in [0.29, 0.717) is 72.6 Å². The van der Waals surface area contributed by atoms with E-state index < -0.39 is 23.5 Å². The lowest BCUT2D eigenvalue weighted by Crippen LogP contribution is -2.06. The van der Waals surface area contributed by atoms with Gasteiger partial charge in [-0.3, -0.25) is 4.98 Å². The second-order valence-corrected chi connectivity index (χ2v) is 15.5. The molecule has 10 heteroatoms. The van der Waals surface area contributed by atoms with Crippen molar-refractivity contribution in [2.45, 2.75) is 26.2 Å². The van der Waals surface area contributed by atoms with Crippen molar-refractivity contribution in [3.05, 3.63) is 192 Å². The first kappa shape index (κ1) is 38.6. The maximum Gasteiger partial charge on any atom is 0.416 e. The summed E-state index contributed by atoms with van der Waals surface area (Å²) in [5, 5.41) is 3.53. The van der Waals surface area contributed by atoms with Crippen molar-refractivity contribution in [1.29, 1.82) is 0 Å². The molecule has 0 atom stereocenters. The monoisotopic (exact) mass is 826 g/mol. The third kappa shape index (κ3) is 6.36. The van der Waals surface area contributed by atoms with Gasteiger partial charge in [0.05, 0.1) is 63.5 Å². The first-order valence-electron chi connectivity index (χ1n) is 19.7. The minimum Gasteiger partial charge on any atom is -0.307 e. The summed E-state index contributed by atoms with van der Waals surface area (Å²) in [4.78, 5) is 8.81. The molecule has 0 N–H and O–H groups in total. The number of hydrogen-bond donors (Lipinski definition) is 0. The molecule has 302 valence electrons. The van der Waals surface area contributed by atoms with Gasteiger partial charge in [0.2, 0.25) is 0 Å². The van der Waals surface area contributed by atoms with Gasteiger partial charge < -0.3 is 9.13 Å². The summed E-state index contributed by atoms with van der Waals surface area (Å²) in [7, 11) is 0. The number of rotatable bonds is 5. The maximum absolute atomic E-state index is 14.1. The number of alkyl halides is 6. The molecule has 3 heterocycles. The van der Waals surface area contributed by atoms with Crippen LogP contribution >= 0.6 is 0 Å². The Morgan fingerprint density at radius 1 is 0.468 bits per heavy atom. The Morgan fingerprint density at radius 2 is 0.903 bits per heavy atom. The molecule has 0 spiro atoms. The van der Waals surface area contributed by atoms with Crippen molar-refractivity contribution >= 4 is 49.3 Å². The molecule has 7 aromatic carbocycles. The maximum atomic E-state index is 14.1. The van der Waals surface area contributed by atoms with Gasteiger partial charge in [-0.05, 0) is 101 Å². The standard InChI is InChI=1S/C52H32F6N4/c1-30-20-34(24-36(22-30)51(53,54)55)32-16-18-40-38-10-5-8-14-44(38)61(46(40)26-32)48-28-60-29-49(50(48)42-12-4-7-13-43(42)59-3)62-45-15-9-6-11-39(45)41-19-17-33(27-47(41)62)35-21-31(2)23-37(25-35)52(56,57)58/h4-29H,1-2H3. The summed E-state index contributed by atoms with van der Waals surface area (Å²) < 4.78 is 88.5. The van der Waals surface area contributed by atoms with Crippen molar-refractivity contribution in [1.82, 2.24) is 14.1 Å². The van der Waals surface area contributed by atoms with E-state index in [-0.39, 0.29) is 0 Å². The highest BCUT2D eigenvalue weighted by Gasteiger charge is 2.32. The number of benzene rings is 7. The molecule has 0 radical (unpaired) electrons. The Bertz CT molecular complexity index is 3290. The smallest absolute Gasteiger partial charge is 0.307 e. The topological polar surface area (TPSA) is 27.1 Å². The van der Waals surface area contributed by atoms with Crippen molar-refractivity contribution < 1.29 is 26.3 Å². The van der Waals surface area contributed by atoms with Crippen LogP contribution in [0.1, 0.15) is 22.3 Å². The molecule has 0 saturated heterocycles. The van der Waals surface area contributed by atoms with Crippen molar-refractivity contribution in [2.75, 3.05) is 0 Å². The predicted molar refractivity (Wildman–Crippen MR) is 235 cm³/mol. The Hall–Kier alpha value is -7.64. The van der Waals surface area contributed by atoms with Gasteiger partial charge in [0.15, 0.2) is 5.69 Å². The van der Waals surface area contributed by atoms with Crippen LogP contribution in [0.3, 0.4) is 0 Å². The summed E-state index contributed by atoms with van der Waals surface area (Å²) >= 11 is 0. The van der Waals surface area contributed by atoms with E-state index in [0.717, 1.165) is 56.8 Å². The van der Waals surface area contributed by atoms with Crippen molar-refractivity contribution in [3.8, 4) is 44.8 Å². The number of fused-ring (bicyclic) bond motifs is 6. The molecule has 3 aromatic heterocycles. The summed E-state index contributed by atoms with van der Waals surface area (Å²) in [6.07, 6.45) is -5.60. The number of hydrogen-bond acceptors (Lipinski definition) is 1. The van der Waals surface area contributed by atoms with Gasteiger partial charge in [0.25, 0.3) is 0 Å². The quantitative estimate of drug-likeness (QED) is 0.125. The Balaban J connectivity index is 1.30. The molecular weight excluding hydrogens is 795 g/mol. The number of aryl methyl sites for hydroxylation is 2. The molecule has 0 fully saturated rings. The average molecular weight is 827 g/mol. The highest BCUT2D eigenvalue weighted by Crippen LogP contribution is 2.46. The molecular formula is C52H32F6N4. The molecule has 0 aliphatic rings. The number of aromatic nitrogens is 3. The molecule has 0 amide bonds. The molecule has 10 aromatic rings. The van der Waals surface area contributed by atoms with Crippen molar-refractivity contribution in [2.24, 2.45) is 0 Å². The van der Waals surface area contributed by atoms with Crippen LogP contribution in [0.5, 0.6) is 0 Å². The van der Waals surface area contributed by atoms with Gasteiger partial charge in [0, 0.05) is 27.1 Å². The van der Waals surface area contributed by atoms with Crippen LogP contribution < -0.4 is 0 Å². The van der Waals surface area contributed by atoms with Crippen LogP contribution in [0.2, 0.25) is 0 Å². The summed E-state index contributed by atoms with van der Waals surface area (Å²) in [5.41, 5.74) is 7.38. The van der Waals surface area contributed by atoms with Crippen LogP contribution in [0.15, 0.2) is 158 Å². The lowest BCUT2D eigenvalue weighted by atomic mass is 9.98. The van der Waals surface area contributed by atoms with Gasteiger partial charge in [-0.2, -0.15) is 26.3 Å². The third-order valence-corrected chi connectivity index (χ3v) is 11.5. The van der Waals surface area contributed by atoms with E-state index in [2.05, 4.69) is 4.85 Å². The normalized spacial score (nSPS) is 12.2. The molecule has 0 aliphatic heterocycles. The molecule has 0 saturated carbocycles. The average Bonchev–Trinajstić information content (AvgIpc) is 3.77. The van der Waals surface area contributed by atoms with Gasteiger partial charge in [-0.25, -0.2) is 4.85 Å². The largest absolute Gasteiger partial charge is 0.416 e. The first-order chi connectivity index (χ1) is 29.8. The van der Waals surface area contributed by atoms with Crippen LogP contribution in [0, 0.1) is 20.4 Å². The summed E-state index contributed by atoms with van der Waals surface area (Å²) in [5.74, 6) is 0. The minimum absolute atomic E-state index is 0.378. The zero-order valence-corrected chi connectivity index (χ0v) is 33.1. The van der Waals surface area contributed by atoms with Gasteiger partial charge in [-0.1, -0.05) is 97.1 Å². The fourth-order valence-electron chi connectivity index (χ4n) is 8.88. The van der Waals surface area contributed by atoms with Crippen LogP contribution in [-0.2, 0) is 12.4 Å². The number of nitrogens with zero attached hydrogens (tertiary/aromatic N) is 4. The molecule has 0 unspecified atom stereocenters. The van der Waals surface area contributed by atoms with E-state index in [9.17, 15) is 26.3 Å². The van der Waals surface area contributed by atoms with Gasteiger partial charge in [-0.15, -0.1) is 0 Å². The van der Waals surface area contributed by atoms with E-state index in [1.807, 2.05) is 106 Å². The summed E-state index contributed by atoms with van der Waals surface area (Å²) in [6.45, 7) is 11.6. The lowest BCUT2D eigenvalue weighted by molar-refractivity contribution is -0.138. The molecule has 62 heavy (non-hydrogen) atoms. The number of pyridine rings is 1. The lowest BCUT2D eigenvalue weighted by Gasteiger charge is -2.20. The molecule has 10 rings (SSSR count). The second-order valence-electron chi connectivity index (χ2n) is 15.5. The molecule has 0 aliphatic carbocycles. The number of halogens is 6. The molecule has 0 bridgehead atoms. The van der Waals surface area contributed by atoms with E-state index >= 15 is 0 Å². The predicted octanol–water partition coefficient (Wildman–Crippen LogP) is 15.5. The zero-order chi connectivity index (χ0) is 43.1. The molecule has 4 nitrogen and oxygen atoms in total. The van der Waals surface area contributed by atoms with Gasteiger partial charge in [0.1, 0.15) is 0 Å². The SMILES string of the molecule is [C-]#[N+]c1ccccc1-c1c(-n2c3ccccc3c3ccc(-c4cc(C)cc(C(F)(F)F)c4)cc32)cncc1-n1c2ccccc2c2ccc(-c3cc(C)cc(C(F)(F)F)c3)cc21. The number of para-hydroxylation sites is 3. The highest BCUT2D eigenvalue weighted by atomic mass is 19.4. The van der Waals surface area contributed by atoms with E-state index in [4.69, 9.17) is 11.6 Å². The Kier molecular flexibility index (Phi) is 8.85. The van der Waals surface area contributed by atoms with E-state index in [1.54, 1.807) is 50.5 Å². The fourth-order valence-corrected chi connectivity index (χ4v) is 8.88. The van der Waals surface area contributed by atoms with Crippen molar-refractivity contribution in [3.63, 3.8) is 0 Å². The zero-order valence-electron chi connectivity index (χ0n) is 33.1. The van der Waals surface area contributed by atoms with Crippen LogP contribution in [0.4, 0.5) is 32.0 Å². The van der Waals surface area contributed by atoms with E-state index in [1.165, 1.54) is 0 Å². The highest BCUT2D eigenvalue weighted by molar-refractivity contribution is 6.13. The fraction of sp³-hybridized carbons (Fsp3) is 0.0769. The van der Waals surface area contributed by atoms with Gasteiger partial charge >= 0.3 is 12.4 Å². The Morgan fingerprint density at radius 3 is 1.37 bits per heavy atom. The van der Waals surface area contributed by atoms with Crippen LogP contribution in [0.25, 0.3) is 93.2 Å². The third-order valence-electron chi connectivity index (χ3n) is 11.5. The van der Waals surface area contributed by atoms with Crippen LogP contribution in [-0.4, -0.2) is 14.1 Å². The summed E-state index contributed by atoms with van der Waals surface area (Å²) in [6, 6.07) is 42.3.